The summed E-state index contributed by atoms with van der Waals surface area (Å²) in [6.07, 6.45) is 5.65. The molecule has 1 N–H and O–H groups in total. The van der Waals surface area contributed by atoms with E-state index < -0.39 is 0 Å². The van der Waals surface area contributed by atoms with Crippen LogP contribution in [0, 0.1) is 6.92 Å². The van der Waals surface area contributed by atoms with E-state index in [0.717, 1.165) is 22.5 Å². The number of rotatable bonds is 6. The molecule has 0 aliphatic carbocycles. The van der Waals surface area contributed by atoms with E-state index in [2.05, 4.69) is 46.4 Å². The fourth-order valence-electron chi connectivity index (χ4n) is 3.25. The Bertz CT molecular complexity index is 1070. The molecule has 0 amide bonds. The average molecular weight is 404 g/mol. The molecule has 0 aliphatic rings. The summed E-state index contributed by atoms with van der Waals surface area (Å²) < 4.78 is 1.97. The van der Waals surface area contributed by atoms with Gasteiger partial charge in [-0.25, -0.2) is 14.6 Å². The first-order chi connectivity index (χ1) is 14.1. The molecule has 5 nitrogen and oxygen atoms in total. The molecule has 2 heterocycles. The Hall–Kier alpha value is -3.02. The highest BCUT2D eigenvalue weighted by Gasteiger charge is 2.14. The van der Waals surface area contributed by atoms with Crippen molar-refractivity contribution < 1.29 is 0 Å². The van der Waals surface area contributed by atoms with E-state index in [1.54, 1.807) is 0 Å². The number of nitrogens with one attached hydrogen (secondary N) is 1. The van der Waals surface area contributed by atoms with Gasteiger partial charge in [-0.1, -0.05) is 29.8 Å². The summed E-state index contributed by atoms with van der Waals surface area (Å²) in [6.45, 7) is 4.91. The Morgan fingerprint density at radius 1 is 0.966 bits per heavy atom. The zero-order chi connectivity index (χ0) is 20.2. The number of hydrogen-bond donors (Lipinski definition) is 1. The first-order valence-corrected chi connectivity index (χ1v) is 9.90. The zero-order valence-electron chi connectivity index (χ0n) is 16.4. The maximum absolute atomic E-state index is 5.94. The molecule has 1 atom stereocenters. The van der Waals surface area contributed by atoms with Crippen molar-refractivity contribution in [3.63, 3.8) is 0 Å². The summed E-state index contributed by atoms with van der Waals surface area (Å²) in [6, 6.07) is 17.8. The summed E-state index contributed by atoms with van der Waals surface area (Å²) in [5.41, 5.74) is 5.35. The van der Waals surface area contributed by atoms with Gasteiger partial charge in [0.1, 0.15) is 0 Å². The predicted octanol–water partition coefficient (Wildman–Crippen LogP) is 5.14. The maximum Gasteiger partial charge on any atom is 0.159 e. The first kappa shape index (κ1) is 19.3. The van der Waals surface area contributed by atoms with Crippen LogP contribution in [0.25, 0.3) is 17.1 Å². The topological polar surface area (TPSA) is 55.6 Å². The second-order valence-corrected chi connectivity index (χ2v) is 7.39. The van der Waals surface area contributed by atoms with Gasteiger partial charge in [0.05, 0.1) is 11.9 Å². The molecule has 2 aromatic carbocycles. The van der Waals surface area contributed by atoms with Gasteiger partial charge in [-0.05, 0) is 50.2 Å². The van der Waals surface area contributed by atoms with Crippen molar-refractivity contribution in [1.29, 1.82) is 0 Å². The third-order valence-electron chi connectivity index (χ3n) is 4.94. The largest absolute Gasteiger partial charge is 0.306 e. The third-order valence-corrected chi connectivity index (χ3v) is 5.19. The van der Waals surface area contributed by atoms with E-state index in [-0.39, 0.29) is 6.04 Å². The standard InChI is InChI=1S/C23H22ClN5/c1-16(22-15-28-29(17(22)2)21-6-4-3-5-7-21)25-12-18-13-26-23(27-14-18)19-8-10-20(24)11-9-19/h3-11,13-16,25H,12H2,1-2H3/t16-/m0/s1. The number of benzene rings is 2. The Balaban J connectivity index is 1.41. The Labute approximate surface area is 175 Å². The molecule has 0 unspecified atom stereocenters. The molecular formula is C23H22ClN5. The fraction of sp³-hybridized carbons (Fsp3) is 0.174. The van der Waals surface area contributed by atoms with Gasteiger partial charge in [0.15, 0.2) is 5.82 Å². The lowest BCUT2D eigenvalue weighted by molar-refractivity contribution is 0.570. The summed E-state index contributed by atoms with van der Waals surface area (Å²) in [5, 5.41) is 8.80. The highest BCUT2D eigenvalue weighted by molar-refractivity contribution is 6.30. The highest BCUT2D eigenvalue weighted by atomic mass is 35.5. The van der Waals surface area contributed by atoms with Crippen molar-refractivity contribution in [3.8, 4) is 17.1 Å². The van der Waals surface area contributed by atoms with E-state index in [1.807, 2.05) is 65.7 Å². The van der Waals surface area contributed by atoms with Crippen LogP contribution in [0.15, 0.2) is 73.2 Å². The van der Waals surface area contributed by atoms with Gasteiger partial charge < -0.3 is 5.32 Å². The summed E-state index contributed by atoms with van der Waals surface area (Å²) in [7, 11) is 0. The molecular weight excluding hydrogens is 382 g/mol. The average Bonchev–Trinajstić information content (AvgIpc) is 3.15. The van der Waals surface area contributed by atoms with Crippen LogP contribution in [0.5, 0.6) is 0 Å². The summed E-state index contributed by atoms with van der Waals surface area (Å²) >= 11 is 5.94. The van der Waals surface area contributed by atoms with Crippen LogP contribution < -0.4 is 5.32 Å². The van der Waals surface area contributed by atoms with Crippen LogP contribution in [-0.4, -0.2) is 19.7 Å². The van der Waals surface area contributed by atoms with Gasteiger partial charge in [0.2, 0.25) is 0 Å². The highest BCUT2D eigenvalue weighted by Crippen LogP contribution is 2.21. The van der Waals surface area contributed by atoms with Gasteiger partial charge >= 0.3 is 0 Å². The second-order valence-electron chi connectivity index (χ2n) is 6.96. The van der Waals surface area contributed by atoms with Gasteiger partial charge in [0.25, 0.3) is 0 Å². The van der Waals surface area contributed by atoms with E-state index in [0.29, 0.717) is 17.4 Å². The molecule has 0 fully saturated rings. The molecule has 4 aromatic rings. The normalized spacial score (nSPS) is 12.1. The van der Waals surface area contributed by atoms with Crippen LogP contribution in [0.1, 0.15) is 29.8 Å². The van der Waals surface area contributed by atoms with E-state index in [1.165, 1.54) is 5.56 Å². The molecule has 0 saturated carbocycles. The zero-order valence-corrected chi connectivity index (χ0v) is 17.1. The lowest BCUT2D eigenvalue weighted by atomic mass is 10.1. The summed E-state index contributed by atoms with van der Waals surface area (Å²) in [5.74, 6) is 0.693. The molecule has 0 radical (unpaired) electrons. The van der Waals surface area contributed by atoms with Gasteiger partial charge in [-0.2, -0.15) is 5.10 Å². The van der Waals surface area contributed by atoms with Crippen LogP contribution >= 0.6 is 11.6 Å². The quantitative estimate of drug-likeness (QED) is 0.484. The Morgan fingerprint density at radius 3 is 2.34 bits per heavy atom. The number of halogens is 1. The van der Waals surface area contributed by atoms with Crippen molar-refractivity contribution in [2.45, 2.75) is 26.4 Å². The van der Waals surface area contributed by atoms with Crippen LogP contribution in [0.4, 0.5) is 0 Å². The van der Waals surface area contributed by atoms with Crippen molar-refractivity contribution in [2.75, 3.05) is 0 Å². The lowest BCUT2D eigenvalue weighted by Crippen LogP contribution is -2.19. The fourth-order valence-corrected chi connectivity index (χ4v) is 3.38. The summed E-state index contributed by atoms with van der Waals surface area (Å²) in [4.78, 5) is 8.96. The van der Waals surface area contributed by atoms with Gasteiger partial charge in [-0.3, -0.25) is 0 Å². The second kappa shape index (κ2) is 8.55. The van der Waals surface area contributed by atoms with E-state index in [9.17, 15) is 0 Å². The Morgan fingerprint density at radius 2 is 1.66 bits per heavy atom. The van der Waals surface area contributed by atoms with Crippen molar-refractivity contribution >= 4 is 11.6 Å². The van der Waals surface area contributed by atoms with Crippen molar-refractivity contribution in [3.05, 3.63) is 95.0 Å². The molecule has 0 saturated heterocycles. The minimum absolute atomic E-state index is 0.156. The van der Waals surface area contributed by atoms with Crippen molar-refractivity contribution in [2.24, 2.45) is 0 Å². The molecule has 0 aliphatic heterocycles. The van der Waals surface area contributed by atoms with E-state index in [4.69, 9.17) is 11.6 Å². The number of hydrogen-bond acceptors (Lipinski definition) is 4. The van der Waals surface area contributed by atoms with Crippen LogP contribution in [0.3, 0.4) is 0 Å². The monoisotopic (exact) mass is 403 g/mol. The molecule has 0 bridgehead atoms. The number of aromatic nitrogens is 4. The molecule has 2 aromatic heterocycles. The molecule has 146 valence electrons. The maximum atomic E-state index is 5.94. The first-order valence-electron chi connectivity index (χ1n) is 9.52. The molecule has 0 spiro atoms. The van der Waals surface area contributed by atoms with Crippen LogP contribution in [0.2, 0.25) is 5.02 Å². The molecule has 6 heteroatoms. The number of nitrogens with zero attached hydrogens (tertiary/aromatic N) is 4. The minimum Gasteiger partial charge on any atom is -0.306 e. The molecule has 29 heavy (non-hydrogen) atoms. The van der Waals surface area contributed by atoms with E-state index >= 15 is 0 Å². The lowest BCUT2D eigenvalue weighted by Gasteiger charge is -2.14. The SMILES string of the molecule is Cc1c([C@H](C)NCc2cnc(-c3ccc(Cl)cc3)nc2)cnn1-c1ccccc1. The third kappa shape index (κ3) is 4.36. The van der Waals surface area contributed by atoms with Gasteiger partial charge in [-0.15, -0.1) is 0 Å². The predicted molar refractivity (Wildman–Crippen MR) is 116 cm³/mol. The van der Waals surface area contributed by atoms with Gasteiger partial charge in [0, 0.05) is 52.4 Å². The molecule has 4 rings (SSSR count). The number of para-hydroxylation sites is 1. The Kier molecular flexibility index (Phi) is 5.69. The van der Waals surface area contributed by atoms with Crippen LogP contribution in [-0.2, 0) is 6.54 Å². The smallest absolute Gasteiger partial charge is 0.159 e. The minimum atomic E-state index is 0.156. The van der Waals surface area contributed by atoms with Crippen molar-refractivity contribution in [1.82, 2.24) is 25.1 Å².